The first-order valence-electron chi connectivity index (χ1n) is 6.23. The molecule has 21 heavy (non-hydrogen) atoms. The third-order valence-corrected chi connectivity index (χ3v) is 4.57. The molecule has 0 saturated carbocycles. The maximum atomic E-state index is 12.1. The van der Waals surface area contributed by atoms with E-state index in [2.05, 4.69) is 10.3 Å². The minimum atomic E-state index is -0.170. The zero-order valence-corrected chi connectivity index (χ0v) is 13.9. The highest BCUT2D eigenvalue weighted by molar-refractivity contribution is 7.17. The van der Waals surface area contributed by atoms with Gasteiger partial charge in [0, 0.05) is 19.2 Å². The lowest BCUT2D eigenvalue weighted by Gasteiger charge is -2.03. The van der Waals surface area contributed by atoms with E-state index >= 15 is 0 Å². The quantitative estimate of drug-likeness (QED) is 0.839. The zero-order valence-electron chi connectivity index (χ0n) is 11.6. The van der Waals surface area contributed by atoms with E-state index in [0.717, 1.165) is 0 Å². The summed E-state index contributed by atoms with van der Waals surface area (Å²) in [5, 5.41) is 4.45. The fourth-order valence-corrected chi connectivity index (χ4v) is 3.51. The molecule has 0 aliphatic heterocycles. The van der Waals surface area contributed by atoms with E-state index in [9.17, 15) is 4.79 Å². The van der Waals surface area contributed by atoms with Crippen molar-refractivity contribution in [3.05, 3.63) is 38.8 Å². The van der Waals surface area contributed by atoms with Gasteiger partial charge in [-0.3, -0.25) is 4.79 Å². The molecule has 112 valence electrons. The second-order valence-electron chi connectivity index (χ2n) is 4.28. The summed E-state index contributed by atoms with van der Waals surface area (Å²) in [6.45, 7) is 2.71. The Morgan fingerprint density at radius 1 is 1.38 bits per heavy atom. The van der Waals surface area contributed by atoms with Gasteiger partial charge in [-0.2, -0.15) is 0 Å². The molecule has 0 radical (unpaired) electrons. The minimum absolute atomic E-state index is 0.170. The Hall–Kier alpha value is -1.14. The summed E-state index contributed by atoms with van der Waals surface area (Å²) in [5.74, 6) is -0.170. The van der Waals surface area contributed by atoms with Crippen LogP contribution in [0.5, 0.6) is 0 Å². The van der Waals surface area contributed by atoms with Gasteiger partial charge >= 0.3 is 0 Å². The van der Waals surface area contributed by atoms with Crippen LogP contribution in [-0.2, 0) is 4.74 Å². The number of methoxy groups -OCH3 is 1. The first-order valence-corrected chi connectivity index (χ1v) is 7.80. The number of ether oxygens (including phenoxy) is 1. The normalized spacial score (nSPS) is 10.7. The van der Waals surface area contributed by atoms with Crippen LogP contribution in [0.15, 0.2) is 18.2 Å². The number of amides is 1. The first kappa shape index (κ1) is 16.2. The number of rotatable bonds is 5. The summed E-state index contributed by atoms with van der Waals surface area (Å²) in [7, 11) is 1.58. The molecular weight excluding hydrogens is 331 g/mol. The minimum Gasteiger partial charge on any atom is -0.383 e. The summed E-state index contributed by atoms with van der Waals surface area (Å²) in [6, 6.07) is 5.27. The van der Waals surface area contributed by atoms with Crippen molar-refractivity contribution in [3.63, 3.8) is 0 Å². The molecule has 2 aromatic rings. The van der Waals surface area contributed by atoms with Gasteiger partial charge in [0.05, 0.1) is 22.3 Å². The van der Waals surface area contributed by atoms with E-state index < -0.39 is 0 Å². The number of halogens is 2. The van der Waals surface area contributed by atoms with Crippen LogP contribution in [0.25, 0.3) is 10.6 Å². The number of nitrogens with one attached hydrogen (secondary N) is 1. The molecule has 1 aromatic heterocycles. The predicted molar refractivity (Wildman–Crippen MR) is 86.5 cm³/mol. The lowest BCUT2D eigenvalue weighted by molar-refractivity contribution is 0.0940. The Labute approximate surface area is 137 Å². The maximum Gasteiger partial charge on any atom is 0.263 e. The van der Waals surface area contributed by atoms with Gasteiger partial charge in [-0.15, -0.1) is 11.3 Å². The molecule has 0 aliphatic rings. The van der Waals surface area contributed by atoms with Gasteiger partial charge in [0.15, 0.2) is 0 Å². The maximum absolute atomic E-state index is 12.1. The molecule has 1 amide bonds. The van der Waals surface area contributed by atoms with Crippen molar-refractivity contribution >= 4 is 40.4 Å². The van der Waals surface area contributed by atoms with Crippen LogP contribution in [0, 0.1) is 6.92 Å². The summed E-state index contributed by atoms with van der Waals surface area (Å²) in [6.07, 6.45) is 0. The zero-order chi connectivity index (χ0) is 15.4. The molecule has 0 aliphatic carbocycles. The van der Waals surface area contributed by atoms with Crippen LogP contribution in [0.3, 0.4) is 0 Å². The average molecular weight is 345 g/mol. The standard InChI is InChI=1S/C14H14Cl2N2O2S/c1-8-12(13(19)17-6-7-20-2)21-14(18-8)11-9(15)4-3-5-10(11)16/h3-5H,6-7H2,1-2H3,(H,17,19). The van der Waals surface area contributed by atoms with Crippen LogP contribution < -0.4 is 5.32 Å². The third-order valence-electron chi connectivity index (χ3n) is 2.77. The molecule has 0 bridgehead atoms. The molecule has 0 atom stereocenters. The largest absolute Gasteiger partial charge is 0.383 e. The van der Waals surface area contributed by atoms with Gasteiger partial charge in [-0.05, 0) is 19.1 Å². The van der Waals surface area contributed by atoms with Crippen molar-refractivity contribution in [2.24, 2.45) is 0 Å². The highest BCUT2D eigenvalue weighted by atomic mass is 35.5. The van der Waals surface area contributed by atoms with Crippen molar-refractivity contribution in [3.8, 4) is 10.6 Å². The van der Waals surface area contributed by atoms with Gasteiger partial charge in [-0.1, -0.05) is 29.3 Å². The average Bonchev–Trinajstić information content (AvgIpc) is 2.80. The highest BCUT2D eigenvalue weighted by Gasteiger charge is 2.18. The number of benzene rings is 1. The summed E-state index contributed by atoms with van der Waals surface area (Å²) >= 11 is 13.6. The van der Waals surface area contributed by atoms with Crippen molar-refractivity contribution in [1.29, 1.82) is 0 Å². The highest BCUT2D eigenvalue weighted by Crippen LogP contribution is 2.37. The second kappa shape index (κ2) is 7.22. The van der Waals surface area contributed by atoms with E-state index in [0.29, 0.717) is 44.3 Å². The molecule has 7 heteroatoms. The molecular formula is C14H14Cl2N2O2S. The number of carbonyl (C=O) groups is 1. The summed E-state index contributed by atoms with van der Waals surface area (Å²) < 4.78 is 4.90. The Kier molecular flexibility index (Phi) is 5.58. The van der Waals surface area contributed by atoms with Crippen molar-refractivity contribution < 1.29 is 9.53 Å². The molecule has 1 heterocycles. The molecule has 1 aromatic carbocycles. The SMILES string of the molecule is COCCNC(=O)c1sc(-c2c(Cl)cccc2Cl)nc1C. The first-order chi connectivity index (χ1) is 10.0. The summed E-state index contributed by atoms with van der Waals surface area (Å²) in [5.41, 5.74) is 1.31. The van der Waals surface area contributed by atoms with Crippen LogP contribution in [-0.4, -0.2) is 31.2 Å². The number of aromatic nitrogens is 1. The molecule has 4 nitrogen and oxygen atoms in total. The number of hydrogen-bond acceptors (Lipinski definition) is 4. The third kappa shape index (κ3) is 3.74. The number of aryl methyl sites for hydroxylation is 1. The topological polar surface area (TPSA) is 51.2 Å². The number of carbonyl (C=O) groups excluding carboxylic acids is 1. The molecule has 0 saturated heterocycles. The van der Waals surface area contributed by atoms with Crippen LogP contribution in [0.2, 0.25) is 10.0 Å². The molecule has 2 rings (SSSR count). The van der Waals surface area contributed by atoms with Crippen LogP contribution >= 0.6 is 34.5 Å². The monoisotopic (exact) mass is 344 g/mol. The smallest absolute Gasteiger partial charge is 0.263 e. The van der Waals surface area contributed by atoms with Gasteiger partial charge < -0.3 is 10.1 Å². The molecule has 0 spiro atoms. The lowest BCUT2D eigenvalue weighted by Crippen LogP contribution is -2.26. The number of thiazole rings is 1. The second-order valence-corrected chi connectivity index (χ2v) is 6.09. The fraction of sp³-hybridized carbons (Fsp3) is 0.286. The van der Waals surface area contributed by atoms with Crippen molar-refractivity contribution in [2.45, 2.75) is 6.92 Å². The summed E-state index contributed by atoms with van der Waals surface area (Å²) in [4.78, 5) is 17.1. The number of hydrogen-bond donors (Lipinski definition) is 1. The van der Waals surface area contributed by atoms with Gasteiger partial charge in [-0.25, -0.2) is 4.98 Å². The Morgan fingerprint density at radius 3 is 2.67 bits per heavy atom. The van der Waals surface area contributed by atoms with Crippen LogP contribution in [0.4, 0.5) is 0 Å². The number of nitrogens with zero attached hydrogens (tertiary/aromatic N) is 1. The van der Waals surface area contributed by atoms with Gasteiger partial charge in [0.25, 0.3) is 5.91 Å². The van der Waals surface area contributed by atoms with Crippen LogP contribution in [0.1, 0.15) is 15.4 Å². The van der Waals surface area contributed by atoms with Gasteiger partial charge in [0.1, 0.15) is 9.88 Å². The molecule has 1 N–H and O–H groups in total. The molecule has 0 unspecified atom stereocenters. The molecule has 0 fully saturated rings. The van der Waals surface area contributed by atoms with Gasteiger partial charge in [0.2, 0.25) is 0 Å². The Bertz CT molecular complexity index is 638. The van der Waals surface area contributed by atoms with Crippen molar-refractivity contribution in [2.75, 3.05) is 20.3 Å². The van der Waals surface area contributed by atoms with E-state index in [4.69, 9.17) is 27.9 Å². The van der Waals surface area contributed by atoms with E-state index in [1.54, 1.807) is 32.2 Å². The predicted octanol–water partition coefficient (Wildman–Crippen LogP) is 3.80. The fourth-order valence-electron chi connectivity index (χ4n) is 1.76. The van der Waals surface area contributed by atoms with E-state index in [1.165, 1.54) is 11.3 Å². The van der Waals surface area contributed by atoms with Crippen molar-refractivity contribution in [1.82, 2.24) is 10.3 Å². The van der Waals surface area contributed by atoms with E-state index in [-0.39, 0.29) is 5.91 Å². The van der Waals surface area contributed by atoms with E-state index in [1.807, 2.05) is 0 Å². The Balaban J connectivity index is 2.29. The lowest BCUT2D eigenvalue weighted by atomic mass is 10.2. The Morgan fingerprint density at radius 2 is 2.05 bits per heavy atom.